The predicted molar refractivity (Wildman–Crippen MR) is 139 cm³/mol. The van der Waals surface area contributed by atoms with Gasteiger partial charge in [0.15, 0.2) is 11.0 Å². The number of allylic oxidation sites excluding steroid dienone is 1. The number of rotatable bonds is 9. The van der Waals surface area contributed by atoms with Crippen molar-refractivity contribution in [3.63, 3.8) is 0 Å². The van der Waals surface area contributed by atoms with Crippen molar-refractivity contribution in [1.29, 1.82) is 0 Å². The van der Waals surface area contributed by atoms with Gasteiger partial charge in [0.05, 0.1) is 5.75 Å². The molecule has 0 spiro atoms. The molecule has 5 nitrogen and oxygen atoms in total. The molecule has 0 radical (unpaired) electrons. The number of hydrogen-bond acceptors (Lipinski definition) is 4. The molecular formula is C27H34N4OS. The Hall–Kier alpha value is -2.86. The van der Waals surface area contributed by atoms with E-state index in [1.54, 1.807) is 0 Å². The molecule has 0 aliphatic heterocycles. The molecule has 0 saturated heterocycles. The largest absolute Gasteiger partial charge is 0.325 e. The Morgan fingerprint density at radius 2 is 1.79 bits per heavy atom. The van der Waals surface area contributed by atoms with E-state index in [-0.39, 0.29) is 17.1 Å². The van der Waals surface area contributed by atoms with Crippen LogP contribution in [0.2, 0.25) is 0 Å². The summed E-state index contributed by atoms with van der Waals surface area (Å²) in [6, 6.07) is 16.5. The maximum Gasteiger partial charge on any atom is 0.234 e. The smallest absolute Gasteiger partial charge is 0.234 e. The first-order valence-corrected chi connectivity index (χ1v) is 12.4. The molecule has 2 aromatic carbocycles. The van der Waals surface area contributed by atoms with Crippen molar-refractivity contribution < 1.29 is 4.79 Å². The quantitative estimate of drug-likeness (QED) is 0.285. The third-order valence-corrected chi connectivity index (χ3v) is 6.71. The highest BCUT2D eigenvalue weighted by molar-refractivity contribution is 7.99. The van der Waals surface area contributed by atoms with Crippen molar-refractivity contribution in [2.24, 2.45) is 0 Å². The average molecular weight is 463 g/mol. The van der Waals surface area contributed by atoms with Crippen LogP contribution in [0, 0.1) is 0 Å². The molecule has 0 unspecified atom stereocenters. The van der Waals surface area contributed by atoms with Crippen LogP contribution in [0.15, 0.2) is 66.3 Å². The van der Waals surface area contributed by atoms with Crippen molar-refractivity contribution in [1.82, 2.24) is 14.8 Å². The molecule has 1 amide bonds. The fourth-order valence-corrected chi connectivity index (χ4v) is 4.23. The first kappa shape index (κ1) is 24.8. The van der Waals surface area contributed by atoms with Gasteiger partial charge in [-0.2, -0.15) is 0 Å². The van der Waals surface area contributed by atoms with E-state index in [0.29, 0.717) is 17.6 Å². The number of carbonyl (C=O) groups is 1. The lowest BCUT2D eigenvalue weighted by Gasteiger charge is -2.19. The topological polar surface area (TPSA) is 59.8 Å². The van der Waals surface area contributed by atoms with E-state index < -0.39 is 0 Å². The molecule has 1 heterocycles. The summed E-state index contributed by atoms with van der Waals surface area (Å²) in [4.78, 5) is 12.5. The van der Waals surface area contributed by atoms with Crippen molar-refractivity contribution >= 4 is 23.4 Å². The standard InChI is InChI=1S/C27H34N4OS/c1-7-17-31-25(21-9-13-22(14-10-21)27(4,5)6)29-30-26(31)33-18-24(32)28-23-15-11-20(12-16-23)19(3)8-2/h7,9-16,19H,1,8,17-18H2,2-6H3,(H,28,32)/t19-/m1/s1. The number of benzene rings is 2. The molecule has 0 bridgehead atoms. The number of nitrogens with one attached hydrogen (secondary N) is 1. The van der Waals surface area contributed by atoms with E-state index in [1.165, 1.54) is 22.9 Å². The fraction of sp³-hybridized carbons (Fsp3) is 0.370. The van der Waals surface area contributed by atoms with Gasteiger partial charge in [0.1, 0.15) is 0 Å². The summed E-state index contributed by atoms with van der Waals surface area (Å²) in [6.45, 7) is 15.4. The Bertz CT molecular complexity index is 1080. The molecule has 0 saturated carbocycles. The molecule has 174 valence electrons. The monoisotopic (exact) mass is 462 g/mol. The van der Waals surface area contributed by atoms with Crippen molar-refractivity contribution in [2.45, 2.75) is 64.1 Å². The van der Waals surface area contributed by atoms with Crippen molar-refractivity contribution in [2.75, 3.05) is 11.1 Å². The van der Waals surface area contributed by atoms with Gasteiger partial charge in [0.25, 0.3) is 0 Å². The van der Waals surface area contributed by atoms with Gasteiger partial charge in [0, 0.05) is 17.8 Å². The zero-order chi connectivity index (χ0) is 24.0. The minimum absolute atomic E-state index is 0.0690. The Morgan fingerprint density at radius 3 is 2.36 bits per heavy atom. The Morgan fingerprint density at radius 1 is 1.12 bits per heavy atom. The van der Waals surface area contributed by atoms with Gasteiger partial charge in [-0.3, -0.25) is 9.36 Å². The zero-order valence-electron chi connectivity index (χ0n) is 20.3. The van der Waals surface area contributed by atoms with Gasteiger partial charge >= 0.3 is 0 Å². The summed E-state index contributed by atoms with van der Waals surface area (Å²) in [6.07, 6.45) is 2.91. The second kappa shape index (κ2) is 10.8. The molecule has 3 aromatic rings. The summed E-state index contributed by atoms with van der Waals surface area (Å²) < 4.78 is 2.00. The minimum atomic E-state index is -0.0690. The molecule has 0 aliphatic rings. The van der Waals surface area contributed by atoms with E-state index in [1.807, 2.05) is 22.8 Å². The Balaban J connectivity index is 1.68. The van der Waals surface area contributed by atoms with Crippen LogP contribution in [0.25, 0.3) is 11.4 Å². The number of thioether (sulfide) groups is 1. The van der Waals surface area contributed by atoms with E-state index >= 15 is 0 Å². The van der Waals surface area contributed by atoms with Crippen LogP contribution in [-0.2, 0) is 16.8 Å². The van der Waals surface area contributed by atoms with Crippen LogP contribution in [0.3, 0.4) is 0 Å². The van der Waals surface area contributed by atoms with E-state index in [9.17, 15) is 4.79 Å². The highest BCUT2D eigenvalue weighted by Gasteiger charge is 2.17. The number of amides is 1. The van der Waals surface area contributed by atoms with E-state index in [2.05, 4.69) is 93.1 Å². The third kappa shape index (κ3) is 6.35. The van der Waals surface area contributed by atoms with E-state index in [4.69, 9.17) is 0 Å². The normalized spacial score (nSPS) is 12.4. The van der Waals surface area contributed by atoms with Crippen LogP contribution in [0.5, 0.6) is 0 Å². The second-order valence-electron chi connectivity index (χ2n) is 9.30. The second-order valence-corrected chi connectivity index (χ2v) is 10.2. The molecule has 0 aliphatic carbocycles. The van der Waals surface area contributed by atoms with Crippen LogP contribution < -0.4 is 5.32 Å². The number of aromatic nitrogens is 3. The predicted octanol–water partition coefficient (Wildman–Crippen LogP) is 6.67. The van der Waals surface area contributed by atoms with Crippen LogP contribution in [0.1, 0.15) is 58.1 Å². The molecule has 1 atom stereocenters. The highest BCUT2D eigenvalue weighted by Crippen LogP contribution is 2.28. The van der Waals surface area contributed by atoms with Crippen molar-refractivity contribution in [3.05, 3.63) is 72.3 Å². The number of carbonyl (C=O) groups excluding carboxylic acids is 1. The van der Waals surface area contributed by atoms with Gasteiger partial charge in [-0.05, 0) is 41.0 Å². The number of hydrogen-bond donors (Lipinski definition) is 1. The Labute approximate surface area is 201 Å². The molecule has 0 fully saturated rings. The molecule has 1 aromatic heterocycles. The SMILES string of the molecule is C=CCn1c(SCC(=O)Nc2ccc([C@H](C)CC)cc2)nnc1-c1ccc(C(C)(C)C)cc1. The minimum Gasteiger partial charge on any atom is -0.325 e. The lowest BCUT2D eigenvalue weighted by molar-refractivity contribution is -0.113. The molecule has 6 heteroatoms. The molecule has 1 N–H and O–H groups in total. The van der Waals surface area contributed by atoms with Crippen LogP contribution in [-0.4, -0.2) is 26.4 Å². The third-order valence-electron chi connectivity index (χ3n) is 5.75. The van der Waals surface area contributed by atoms with Gasteiger partial charge in [0.2, 0.25) is 5.91 Å². The lowest BCUT2D eigenvalue weighted by Crippen LogP contribution is -2.14. The molecular weight excluding hydrogens is 428 g/mol. The maximum absolute atomic E-state index is 12.5. The Kier molecular flexibility index (Phi) is 8.14. The lowest BCUT2D eigenvalue weighted by atomic mass is 9.87. The first-order valence-electron chi connectivity index (χ1n) is 11.4. The average Bonchev–Trinajstić information content (AvgIpc) is 3.20. The fourth-order valence-electron chi connectivity index (χ4n) is 3.48. The molecule has 3 rings (SSSR count). The van der Waals surface area contributed by atoms with Crippen molar-refractivity contribution in [3.8, 4) is 11.4 Å². The summed E-state index contributed by atoms with van der Waals surface area (Å²) in [5, 5.41) is 12.4. The summed E-state index contributed by atoms with van der Waals surface area (Å²) in [7, 11) is 0. The van der Waals surface area contributed by atoms with E-state index in [0.717, 1.165) is 23.5 Å². The highest BCUT2D eigenvalue weighted by atomic mass is 32.2. The van der Waals surface area contributed by atoms with Gasteiger partial charge in [-0.1, -0.05) is 88.9 Å². The summed E-state index contributed by atoms with van der Waals surface area (Å²) in [5.41, 5.74) is 4.45. The molecule has 33 heavy (non-hydrogen) atoms. The van der Waals surface area contributed by atoms with Gasteiger partial charge < -0.3 is 5.32 Å². The van der Waals surface area contributed by atoms with Crippen LogP contribution >= 0.6 is 11.8 Å². The number of anilines is 1. The van der Waals surface area contributed by atoms with Crippen LogP contribution in [0.4, 0.5) is 5.69 Å². The van der Waals surface area contributed by atoms with Gasteiger partial charge in [-0.25, -0.2) is 0 Å². The first-order chi connectivity index (χ1) is 15.7. The summed E-state index contributed by atoms with van der Waals surface area (Å²) in [5.74, 6) is 1.48. The van der Waals surface area contributed by atoms with Gasteiger partial charge in [-0.15, -0.1) is 16.8 Å². The maximum atomic E-state index is 12.5. The number of nitrogens with zero attached hydrogens (tertiary/aromatic N) is 3. The zero-order valence-corrected chi connectivity index (χ0v) is 21.1. The summed E-state index contributed by atoms with van der Waals surface area (Å²) >= 11 is 1.38.